The van der Waals surface area contributed by atoms with Gasteiger partial charge in [0.05, 0.1) is 11.1 Å². The van der Waals surface area contributed by atoms with Gasteiger partial charge in [0, 0.05) is 0 Å². The average molecular weight is 607 g/mol. The lowest BCUT2D eigenvalue weighted by atomic mass is 10.0. The molecule has 0 saturated carbocycles. The smallest absolute Gasteiger partial charge is 0.343 e. The molecular formula is C40H30O6. The molecule has 0 saturated heterocycles. The number of benzene rings is 6. The fraction of sp³-hybridized carbons (Fsp3) is 0.0500. The minimum absolute atomic E-state index is 0.199. The zero-order valence-corrected chi connectivity index (χ0v) is 25.2. The van der Waals surface area contributed by atoms with E-state index in [0.29, 0.717) is 22.6 Å². The molecular weight excluding hydrogens is 576 g/mol. The molecule has 0 radical (unpaired) electrons. The van der Waals surface area contributed by atoms with Crippen LogP contribution in [0.1, 0.15) is 31.8 Å². The van der Waals surface area contributed by atoms with Crippen LogP contribution in [0.4, 0.5) is 0 Å². The number of hydrogen-bond donors (Lipinski definition) is 2. The van der Waals surface area contributed by atoms with Crippen molar-refractivity contribution in [3.8, 4) is 56.4 Å². The van der Waals surface area contributed by atoms with Gasteiger partial charge in [-0.2, -0.15) is 0 Å². The second-order valence-electron chi connectivity index (χ2n) is 11.0. The molecule has 6 aromatic carbocycles. The molecule has 6 aromatic rings. The minimum Gasteiger partial charge on any atom is -0.508 e. The molecule has 0 aromatic heterocycles. The lowest BCUT2D eigenvalue weighted by Crippen LogP contribution is -2.09. The predicted octanol–water partition coefficient (Wildman–Crippen LogP) is 9.15. The Balaban J connectivity index is 1.10. The van der Waals surface area contributed by atoms with E-state index in [-0.39, 0.29) is 11.5 Å². The van der Waals surface area contributed by atoms with E-state index in [1.54, 1.807) is 60.7 Å². The van der Waals surface area contributed by atoms with E-state index in [2.05, 4.69) is 0 Å². The molecule has 0 spiro atoms. The number of carbonyl (C=O) groups excluding carboxylic acids is 2. The summed E-state index contributed by atoms with van der Waals surface area (Å²) in [4.78, 5) is 25.7. The third kappa shape index (κ3) is 6.66. The number of phenols is 2. The van der Waals surface area contributed by atoms with Crippen molar-refractivity contribution in [2.75, 3.05) is 0 Å². The van der Waals surface area contributed by atoms with Crippen LogP contribution in [0.3, 0.4) is 0 Å². The molecule has 0 atom stereocenters. The molecule has 0 amide bonds. The number of phenolic OH excluding ortho intramolecular Hbond substituents is 2. The lowest BCUT2D eigenvalue weighted by molar-refractivity contribution is 0.0724. The SMILES string of the molecule is Cc1cc(-c2ccc(OC(=O)c3ccc(-c4ccc(O)cc4)cc3)c(C)c2)ccc1OC(=O)c1ccc(-c2ccc(O)cc2)cc1. The first-order chi connectivity index (χ1) is 22.2. The van der Waals surface area contributed by atoms with Gasteiger partial charge in [-0.05, 0) is 131 Å². The third-order valence-electron chi connectivity index (χ3n) is 7.73. The molecule has 0 heterocycles. The van der Waals surface area contributed by atoms with Gasteiger partial charge in [0.2, 0.25) is 0 Å². The van der Waals surface area contributed by atoms with E-state index in [4.69, 9.17) is 9.47 Å². The first kappa shape index (κ1) is 29.9. The maximum atomic E-state index is 12.9. The van der Waals surface area contributed by atoms with Crippen molar-refractivity contribution in [2.45, 2.75) is 13.8 Å². The van der Waals surface area contributed by atoms with E-state index in [9.17, 15) is 19.8 Å². The van der Waals surface area contributed by atoms with Crippen molar-refractivity contribution >= 4 is 11.9 Å². The summed E-state index contributed by atoms with van der Waals surface area (Å²) in [7, 11) is 0. The van der Waals surface area contributed by atoms with E-state index in [1.807, 2.05) is 86.6 Å². The molecule has 6 heteroatoms. The molecule has 0 bridgehead atoms. The van der Waals surface area contributed by atoms with Gasteiger partial charge in [-0.25, -0.2) is 9.59 Å². The largest absolute Gasteiger partial charge is 0.508 e. The minimum atomic E-state index is -0.454. The van der Waals surface area contributed by atoms with Gasteiger partial charge in [0.15, 0.2) is 0 Å². The second kappa shape index (κ2) is 12.8. The number of hydrogen-bond acceptors (Lipinski definition) is 6. The highest BCUT2D eigenvalue weighted by Crippen LogP contribution is 2.31. The average Bonchev–Trinajstić information content (AvgIpc) is 3.07. The van der Waals surface area contributed by atoms with E-state index < -0.39 is 11.9 Å². The van der Waals surface area contributed by atoms with Crippen LogP contribution in [0.5, 0.6) is 23.0 Å². The van der Waals surface area contributed by atoms with Crippen molar-refractivity contribution in [1.29, 1.82) is 0 Å². The maximum absolute atomic E-state index is 12.9. The normalized spacial score (nSPS) is 10.7. The van der Waals surface area contributed by atoms with Crippen LogP contribution in [-0.4, -0.2) is 22.2 Å². The topological polar surface area (TPSA) is 93.1 Å². The Bertz CT molecular complexity index is 1880. The molecule has 6 rings (SSSR count). The number of aromatic hydroxyl groups is 2. The van der Waals surface area contributed by atoms with Crippen LogP contribution in [0.15, 0.2) is 133 Å². The van der Waals surface area contributed by atoms with Crippen molar-refractivity contribution in [1.82, 2.24) is 0 Å². The summed E-state index contributed by atoms with van der Waals surface area (Å²) >= 11 is 0. The van der Waals surface area contributed by atoms with Crippen LogP contribution in [0.2, 0.25) is 0 Å². The van der Waals surface area contributed by atoms with Crippen LogP contribution in [0, 0.1) is 13.8 Å². The summed E-state index contributed by atoms with van der Waals surface area (Å²) in [5, 5.41) is 19.0. The fourth-order valence-corrected chi connectivity index (χ4v) is 5.11. The molecule has 0 aliphatic carbocycles. The van der Waals surface area contributed by atoms with Gasteiger partial charge in [-0.1, -0.05) is 60.7 Å². The van der Waals surface area contributed by atoms with Crippen LogP contribution >= 0.6 is 0 Å². The van der Waals surface area contributed by atoms with Crippen LogP contribution in [-0.2, 0) is 0 Å². The number of ether oxygens (including phenoxy) is 2. The lowest BCUT2D eigenvalue weighted by Gasteiger charge is -2.12. The number of esters is 2. The molecule has 0 unspecified atom stereocenters. The van der Waals surface area contributed by atoms with Gasteiger partial charge in [-0.3, -0.25) is 0 Å². The Kier molecular flexibility index (Phi) is 8.35. The summed E-state index contributed by atoms with van der Waals surface area (Å²) in [6.07, 6.45) is 0. The molecule has 6 nitrogen and oxygen atoms in total. The number of carbonyl (C=O) groups is 2. The van der Waals surface area contributed by atoms with E-state index >= 15 is 0 Å². The Morgan fingerprint density at radius 1 is 0.413 bits per heavy atom. The summed E-state index contributed by atoms with van der Waals surface area (Å²) in [6.45, 7) is 3.77. The maximum Gasteiger partial charge on any atom is 0.343 e. The van der Waals surface area contributed by atoms with Crippen molar-refractivity contribution in [2.24, 2.45) is 0 Å². The van der Waals surface area contributed by atoms with Gasteiger partial charge in [0.25, 0.3) is 0 Å². The summed E-state index contributed by atoms with van der Waals surface area (Å²) < 4.78 is 11.4. The van der Waals surface area contributed by atoms with Gasteiger partial charge >= 0.3 is 11.9 Å². The molecule has 226 valence electrons. The van der Waals surface area contributed by atoms with E-state index in [1.165, 1.54) is 0 Å². The highest BCUT2D eigenvalue weighted by Gasteiger charge is 2.14. The molecule has 0 aliphatic heterocycles. The molecule has 0 fully saturated rings. The highest BCUT2D eigenvalue weighted by atomic mass is 16.5. The monoisotopic (exact) mass is 606 g/mol. The second-order valence-corrected chi connectivity index (χ2v) is 11.0. The van der Waals surface area contributed by atoms with Crippen LogP contribution < -0.4 is 9.47 Å². The first-order valence-corrected chi connectivity index (χ1v) is 14.7. The summed E-state index contributed by atoms with van der Waals surface area (Å²) in [5.74, 6) is 0.426. The van der Waals surface area contributed by atoms with Gasteiger partial charge in [-0.15, -0.1) is 0 Å². The van der Waals surface area contributed by atoms with Gasteiger partial charge in [0.1, 0.15) is 23.0 Å². The van der Waals surface area contributed by atoms with Crippen molar-refractivity contribution < 1.29 is 29.3 Å². The third-order valence-corrected chi connectivity index (χ3v) is 7.73. The first-order valence-electron chi connectivity index (χ1n) is 14.7. The van der Waals surface area contributed by atoms with Gasteiger partial charge < -0.3 is 19.7 Å². The fourth-order valence-electron chi connectivity index (χ4n) is 5.11. The molecule has 0 aliphatic rings. The highest BCUT2D eigenvalue weighted by molar-refractivity contribution is 5.93. The van der Waals surface area contributed by atoms with E-state index in [0.717, 1.165) is 44.5 Å². The summed E-state index contributed by atoms with van der Waals surface area (Å²) in [6, 6.07) is 39.2. The Hall–Kier alpha value is -6.14. The zero-order valence-electron chi connectivity index (χ0n) is 25.2. The van der Waals surface area contributed by atoms with Crippen molar-refractivity contribution in [3.63, 3.8) is 0 Å². The predicted molar refractivity (Wildman–Crippen MR) is 178 cm³/mol. The van der Waals surface area contributed by atoms with Crippen molar-refractivity contribution in [3.05, 3.63) is 156 Å². The Morgan fingerprint density at radius 2 is 0.696 bits per heavy atom. The number of aryl methyl sites for hydroxylation is 2. The molecule has 46 heavy (non-hydrogen) atoms. The Morgan fingerprint density at radius 3 is 1.00 bits per heavy atom. The Labute approximate surface area is 266 Å². The standard InChI is InChI=1S/C40H30O6/c1-25-23-33(15-21-37(25)45-39(43)31-7-3-27(4-8-31)29-11-17-35(41)18-12-29)34-16-22-38(26(2)24-34)46-40(44)32-9-5-28(6-10-32)30-13-19-36(42)20-14-30/h3-24,41-42H,1-2H3. The van der Waals surface area contributed by atoms with Crippen LogP contribution in [0.25, 0.3) is 33.4 Å². The summed E-state index contributed by atoms with van der Waals surface area (Å²) in [5.41, 5.74) is 8.04. The number of rotatable bonds is 7. The molecule has 2 N–H and O–H groups in total. The zero-order chi connectivity index (χ0) is 32.2. The quantitative estimate of drug-likeness (QED) is 0.139.